The number of methoxy groups -OCH3 is 2. The number of hydrogen-bond donors (Lipinski definition) is 1. The second-order valence-corrected chi connectivity index (χ2v) is 9.19. The Labute approximate surface area is 205 Å². The van der Waals surface area contributed by atoms with Crippen molar-refractivity contribution in [3.05, 3.63) is 77.9 Å². The number of likely N-dealkylation sites (tertiary alicyclic amines) is 1. The molecule has 0 bridgehead atoms. The van der Waals surface area contributed by atoms with Crippen molar-refractivity contribution in [2.45, 2.75) is 44.2 Å². The highest BCUT2D eigenvalue weighted by atomic mass is 16.5. The average Bonchev–Trinajstić information content (AvgIpc) is 3.39. The number of piperidine rings is 1. The van der Waals surface area contributed by atoms with Gasteiger partial charge in [-0.05, 0) is 48.2 Å². The highest BCUT2D eigenvalue weighted by Gasteiger charge is 2.47. The Morgan fingerprint density at radius 2 is 1.66 bits per heavy atom. The molecule has 1 saturated heterocycles. The van der Waals surface area contributed by atoms with Gasteiger partial charge in [0.1, 0.15) is 22.9 Å². The minimum atomic E-state index is -0.553. The van der Waals surface area contributed by atoms with Gasteiger partial charge >= 0.3 is 0 Å². The second kappa shape index (κ2) is 10.1. The molecule has 1 amide bonds. The molecule has 1 aromatic heterocycles. The Balaban J connectivity index is 1.22. The van der Waals surface area contributed by atoms with Gasteiger partial charge in [0.05, 0.1) is 20.8 Å². The molecular weight excluding hydrogens is 444 g/mol. The molecule has 8 heteroatoms. The summed E-state index contributed by atoms with van der Waals surface area (Å²) in [5, 5.41) is 3.04. The first-order chi connectivity index (χ1) is 17.1. The van der Waals surface area contributed by atoms with E-state index in [1.54, 1.807) is 14.2 Å². The third-order valence-corrected chi connectivity index (χ3v) is 7.00. The van der Waals surface area contributed by atoms with E-state index < -0.39 is 11.7 Å². The first-order valence-electron chi connectivity index (χ1n) is 12.0. The molecule has 0 radical (unpaired) electrons. The number of carbonyl (C=O) groups is 1. The molecule has 1 atom stereocenters. The fourth-order valence-corrected chi connectivity index (χ4v) is 4.98. The van der Waals surface area contributed by atoms with Crippen molar-refractivity contribution in [2.24, 2.45) is 0 Å². The van der Waals surface area contributed by atoms with Gasteiger partial charge in [-0.2, -0.15) is 0 Å². The first kappa shape index (κ1) is 23.4. The number of amides is 1. The average molecular weight is 477 g/mol. The van der Waals surface area contributed by atoms with Gasteiger partial charge in [-0.25, -0.2) is 4.98 Å². The van der Waals surface area contributed by atoms with Gasteiger partial charge in [-0.1, -0.05) is 24.3 Å². The van der Waals surface area contributed by atoms with E-state index in [0.717, 1.165) is 55.4 Å². The lowest BCUT2D eigenvalue weighted by atomic mass is 9.88. The monoisotopic (exact) mass is 476 g/mol. The SMILES string of the molecule is COc1ccc(CNC(=O)[C@@H]2Cn3ccnc3C3(CCN(Cc4ccc(OC)cc4)CC3)O2)cc1. The molecule has 8 nitrogen and oxygen atoms in total. The maximum atomic E-state index is 13.1. The predicted octanol–water partition coefficient (Wildman–Crippen LogP) is 3.11. The Kier molecular flexibility index (Phi) is 6.74. The summed E-state index contributed by atoms with van der Waals surface area (Å²) in [5.74, 6) is 2.50. The van der Waals surface area contributed by atoms with Crippen molar-refractivity contribution < 1.29 is 19.0 Å². The summed E-state index contributed by atoms with van der Waals surface area (Å²) in [6.45, 7) is 3.54. The third-order valence-electron chi connectivity index (χ3n) is 7.00. The third kappa shape index (κ3) is 5.04. The number of nitrogens with zero attached hydrogens (tertiary/aromatic N) is 3. The summed E-state index contributed by atoms with van der Waals surface area (Å²) in [5.41, 5.74) is 1.73. The minimum Gasteiger partial charge on any atom is -0.497 e. The van der Waals surface area contributed by atoms with Crippen LogP contribution in [0.25, 0.3) is 0 Å². The molecule has 0 saturated carbocycles. The van der Waals surface area contributed by atoms with Crippen LogP contribution in [0.1, 0.15) is 29.8 Å². The first-order valence-corrected chi connectivity index (χ1v) is 12.0. The summed E-state index contributed by atoms with van der Waals surface area (Å²) < 4.78 is 19.1. The number of carbonyl (C=O) groups excluding carboxylic acids is 1. The molecule has 35 heavy (non-hydrogen) atoms. The van der Waals surface area contributed by atoms with Crippen molar-refractivity contribution >= 4 is 5.91 Å². The Hall–Kier alpha value is -3.36. The molecule has 5 rings (SSSR count). The van der Waals surface area contributed by atoms with E-state index in [-0.39, 0.29) is 5.91 Å². The fraction of sp³-hybridized carbons (Fsp3) is 0.407. The number of fused-ring (bicyclic) bond motifs is 2. The van der Waals surface area contributed by atoms with Crippen LogP contribution in [0.2, 0.25) is 0 Å². The maximum Gasteiger partial charge on any atom is 0.251 e. The highest BCUT2D eigenvalue weighted by molar-refractivity contribution is 5.81. The van der Waals surface area contributed by atoms with Crippen LogP contribution in [-0.2, 0) is 34.8 Å². The van der Waals surface area contributed by atoms with E-state index in [1.807, 2.05) is 48.8 Å². The van der Waals surface area contributed by atoms with Gasteiger partial charge in [0.15, 0.2) is 6.10 Å². The number of imidazole rings is 1. The van der Waals surface area contributed by atoms with Crippen LogP contribution in [0.3, 0.4) is 0 Å². The zero-order valence-corrected chi connectivity index (χ0v) is 20.3. The van der Waals surface area contributed by atoms with Gasteiger partial charge in [0, 0.05) is 38.6 Å². The summed E-state index contributed by atoms with van der Waals surface area (Å²) in [6.07, 6.45) is 4.79. The molecular formula is C27H32N4O4. The number of benzene rings is 2. The van der Waals surface area contributed by atoms with Crippen LogP contribution in [0.5, 0.6) is 11.5 Å². The largest absolute Gasteiger partial charge is 0.497 e. The zero-order valence-electron chi connectivity index (χ0n) is 20.3. The standard InChI is InChI=1S/C27H32N4O4/c1-33-22-7-3-20(4-8-22)17-29-25(32)24-19-31-16-13-28-26(31)27(35-24)11-14-30(15-12-27)18-21-5-9-23(34-2)10-6-21/h3-10,13,16,24H,11-12,14-15,17-19H2,1-2H3,(H,29,32)/t24-/m0/s1. The molecule has 0 aliphatic carbocycles. The molecule has 3 aromatic rings. The number of ether oxygens (including phenoxy) is 3. The van der Waals surface area contributed by atoms with Gasteiger partial charge in [0.2, 0.25) is 0 Å². The summed E-state index contributed by atoms with van der Waals surface area (Å²) >= 11 is 0. The molecule has 2 aliphatic rings. The summed E-state index contributed by atoms with van der Waals surface area (Å²) in [4.78, 5) is 20.1. The van der Waals surface area contributed by atoms with Gasteiger partial charge in [0.25, 0.3) is 5.91 Å². The number of aromatic nitrogens is 2. The van der Waals surface area contributed by atoms with Crippen molar-refractivity contribution in [1.82, 2.24) is 19.8 Å². The lowest BCUT2D eigenvalue weighted by molar-refractivity contribution is -0.174. The van der Waals surface area contributed by atoms with E-state index in [9.17, 15) is 4.79 Å². The molecule has 3 heterocycles. The van der Waals surface area contributed by atoms with Crippen LogP contribution >= 0.6 is 0 Å². The lowest BCUT2D eigenvalue weighted by Crippen LogP contribution is -2.53. The van der Waals surface area contributed by atoms with Crippen LogP contribution < -0.4 is 14.8 Å². The highest BCUT2D eigenvalue weighted by Crippen LogP contribution is 2.40. The fourth-order valence-electron chi connectivity index (χ4n) is 4.98. The van der Waals surface area contributed by atoms with Crippen LogP contribution in [-0.4, -0.2) is 53.8 Å². The number of rotatable bonds is 7. The molecule has 2 aliphatic heterocycles. The topological polar surface area (TPSA) is 77.9 Å². The minimum absolute atomic E-state index is 0.0970. The predicted molar refractivity (Wildman–Crippen MR) is 131 cm³/mol. The Morgan fingerprint density at radius 3 is 2.29 bits per heavy atom. The molecule has 0 unspecified atom stereocenters. The normalized spacial score (nSPS) is 19.2. The van der Waals surface area contributed by atoms with Crippen molar-refractivity contribution in [3.8, 4) is 11.5 Å². The zero-order chi connectivity index (χ0) is 24.3. The lowest BCUT2D eigenvalue weighted by Gasteiger charge is -2.45. The van der Waals surface area contributed by atoms with Crippen molar-refractivity contribution in [2.75, 3.05) is 27.3 Å². The Morgan fingerprint density at radius 1 is 1.03 bits per heavy atom. The molecule has 1 spiro atoms. The Bertz CT molecular complexity index is 1130. The summed E-state index contributed by atoms with van der Waals surface area (Å²) in [7, 11) is 3.32. The van der Waals surface area contributed by atoms with Crippen LogP contribution in [0.4, 0.5) is 0 Å². The number of hydrogen-bond acceptors (Lipinski definition) is 6. The van der Waals surface area contributed by atoms with E-state index in [4.69, 9.17) is 14.2 Å². The molecule has 1 N–H and O–H groups in total. The summed E-state index contributed by atoms with van der Waals surface area (Å²) in [6, 6.07) is 15.9. The molecule has 2 aromatic carbocycles. The van der Waals surface area contributed by atoms with E-state index >= 15 is 0 Å². The van der Waals surface area contributed by atoms with Gasteiger partial charge < -0.3 is 24.1 Å². The van der Waals surface area contributed by atoms with Crippen LogP contribution in [0, 0.1) is 0 Å². The van der Waals surface area contributed by atoms with E-state index in [0.29, 0.717) is 13.1 Å². The quantitative estimate of drug-likeness (QED) is 0.565. The molecule has 1 fully saturated rings. The number of nitrogens with one attached hydrogen (secondary N) is 1. The van der Waals surface area contributed by atoms with Crippen molar-refractivity contribution in [3.63, 3.8) is 0 Å². The van der Waals surface area contributed by atoms with Gasteiger partial charge in [-0.15, -0.1) is 0 Å². The van der Waals surface area contributed by atoms with Gasteiger partial charge in [-0.3, -0.25) is 9.69 Å². The second-order valence-electron chi connectivity index (χ2n) is 9.19. The molecule has 184 valence electrons. The van der Waals surface area contributed by atoms with Crippen LogP contribution in [0.15, 0.2) is 60.9 Å². The van der Waals surface area contributed by atoms with E-state index in [2.05, 4.69) is 31.9 Å². The van der Waals surface area contributed by atoms with Crippen molar-refractivity contribution in [1.29, 1.82) is 0 Å². The van der Waals surface area contributed by atoms with E-state index in [1.165, 1.54) is 5.56 Å². The smallest absolute Gasteiger partial charge is 0.251 e. The maximum absolute atomic E-state index is 13.1.